The molecule has 2 aromatic heterocycles. The van der Waals surface area contributed by atoms with Crippen LogP contribution in [0.2, 0.25) is 10.0 Å². The quantitative estimate of drug-likeness (QED) is 0.384. The summed E-state index contributed by atoms with van der Waals surface area (Å²) in [5, 5.41) is 4.02. The van der Waals surface area contributed by atoms with Crippen LogP contribution in [0.4, 0.5) is 5.95 Å². The van der Waals surface area contributed by atoms with E-state index in [1.807, 2.05) is 18.2 Å². The molecule has 0 fully saturated rings. The van der Waals surface area contributed by atoms with Gasteiger partial charge in [-0.2, -0.15) is 4.98 Å². The van der Waals surface area contributed by atoms with Crippen LogP contribution in [-0.4, -0.2) is 39.4 Å². The van der Waals surface area contributed by atoms with Crippen LogP contribution < -0.4 is 26.0 Å². The number of hydrogen-bond acceptors (Lipinski definition) is 6. The van der Waals surface area contributed by atoms with Gasteiger partial charge in [-0.05, 0) is 41.8 Å². The monoisotopic (exact) mass is 517 g/mol. The average molecular weight is 518 g/mol. The summed E-state index contributed by atoms with van der Waals surface area (Å²) in [4.78, 5) is 30.8. The largest absolute Gasteiger partial charge is 0.493 e. The van der Waals surface area contributed by atoms with Gasteiger partial charge < -0.3 is 19.4 Å². The first kappa shape index (κ1) is 24.7. The Kier molecular flexibility index (Phi) is 7.09. The second kappa shape index (κ2) is 10.1. The van der Waals surface area contributed by atoms with Gasteiger partial charge in [0.1, 0.15) is 0 Å². The molecule has 0 aliphatic carbocycles. The molecular weight excluding hydrogens is 493 g/mol. The minimum Gasteiger partial charge on any atom is -0.493 e. The van der Waals surface area contributed by atoms with Gasteiger partial charge in [0, 0.05) is 20.6 Å². The fraction of sp³-hybridized carbons (Fsp3) is 0.292. The molecule has 0 spiro atoms. The number of aryl methyl sites for hydroxylation is 2. The maximum atomic E-state index is 13.3. The van der Waals surface area contributed by atoms with E-state index in [0.717, 1.165) is 10.1 Å². The first-order valence-electron chi connectivity index (χ1n) is 10.8. The molecule has 2 heterocycles. The lowest BCUT2D eigenvalue weighted by molar-refractivity contribution is 0.354. The molecule has 4 rings (SSSR count). The number of rotatable bonds is 8. The van der Waals surface area contributed by atoms with Crippen molar-refractivity contribution in [3.63, 3.8) is 0 Å². The van der Waals surface area contributed by atoms with Crippen LogP contribution in [0.3, 0.4) is 0 Å². The molecule has 0 aliphatic heterocycles. The molecule has 0 aliphatic rings. The van der Waals surface area contributed by atoms with Crippen LogP contribution in [0.25, 0.3) is 11.2 Å². The Morgan fingerprint density at radius 3 is 2.31 bits per heavy atom. The molecule has 0 amide bonds. The standard InChI is InChI=1S/C24H25Cl2N5O4/c1-29-20-21(28-23(29)27-10-9-14-6-8-18(34-3)19(12-14)35-4)30(2)24(33)31(22(20)32)13-15-5-7-16(25)17(26)11-15/h5-8,11-12H,9-10,13H2,1-4H3,(H,27,28). The third-order valence-corrected chi connectivity index (χ3v) is 6.57. The van der Waals surface area contributed by atoms with Crippen LogP contribution in [-0.2, 0) is 27.1 Å². The molecule has 0 unspecified atom stereocenters. The van der Waals surface area contributed by atoms with Gasteiger partial charge in [0.05, 0.1) is 30.8 Å². The predicted molar refractivity (Wildman–Crippen MR) is 138 cm³/mol. The minimum absolute atomic E-state index is 0.0611. The molecule has 35 heavy (non-hydrogen) atoms. The number of imidazole rings is 1. The first-order valence-corrected chi connectivity index (χ1v) is 11.6. The van der Waals surface area contributed by atoms with Crippen molar-refractivity contribution in [3.05, 3.63) is 78.4 Å². The van der Waals surface area contributed by atoms with Gasteiger partial charge in [0.25, 0.3) is 5.56 Å². The van der Waals surface area contributed by atoms with Crippen molar-refractivity contribution >= 4 is 40.3 Å². The lowest BCUT2D eigenvalue weighted by Gasteiger charge is -2.10. The summed E-state index contributed by atoms with van der Waals surface area (Å²) in [5.74, 6) is 1.81. The van der Waals surface area contributed by atoms with E-state index in [1.165, 1.54) is 4.57 Å². The topological polar surface area (TPSA) is 92.3 Å². The molecule has 11 heteroatoms. The maximum Gasteiger partial charge on any atom is 0.332 e. The molecule has 1 N–H and O–H groups in total. The zero-order valence-electron chi connectivity index (χ0n) is 19.8. The van der Waals surface area contributed by atoms with Gasteiger partial charge in [0.15, 0.2) is 22.7 Å². The van der Waals surface area contributed by atoms with E-state index in [4.69, 9.17) is 32.7 Å². The van der Waals surface area contributed by atoms with Crippen molar-refractivity contribution in [2.45, 2.75) is 13.0 Å². The van der Waals surface area contributed by atoms with Crippen molar-refractivity contribution in [3.8, 4) is 11.5 Å². The first-order chi connectivity index (χ1) is 16.7. The summed E-state index contributed by atoms with van der Waals surface area (Å²) in [6.45, 7) is 0.615. The van der Waals surface area contributed by atoms with Crippen molar-refractivity contribution in [1.82, 2.24) is 18.7 Å². The Balaban J connectivity index is 1.61. The Hall–Kier alpha value is -3.43. The van der Waals surface area contributed by atoms with Gasteiger partial charge in [-0.1, -0.05) is 35.3 Å². The minimum atomic E-state index is -0.469. The van der Waals surface area contributed by atoms with Gasteiger partial charge in [-0.3, -0.25) is 13.9 Å². The molecule has 0 saturated carbocycles. The van der Waals surface area contributed by atoms with E-state index >= 15 is 0 Å². The van der Waals surface area contributed by atoms with E-state index in [0.29, 0.717) is 57.2 Å². The number of ether oxygens (including phenoxy) is 2. The summed E-state index contributed by atoms with van der Waals surface area (Å²) in [6, 6.07) is 10.7. The van der Waals surface area contributed by atoms with E-state index in [9.17, 15) is 9.59 Å². The van der Waals surface area contributed by atoms with E-state index in [2.05, 4.69) is 10.3 Å². The highest BCUT2D eigenvalue weighted by atomic mass is 35.5. The summed E-state index contributed by atoms with van der Waals surface area (Å²) < 4.78 is 14.8. The summed E-state index contributed by atoms with van der Waals surface area (Å²) in [6.07, 6.45) is 0.685. The molecule has 184 valence electrons. The fourth-order valence-corrected chi connectivity index (χ4v) is 4.24. The highest BCUT2D eigenvalue weighted by molar-refractivity contribution is 6.42. The van der Waals surface area contributed by atoms with Crippen LogP contribution in [0.1, 0.15) is 11.1 Å². The second-order valence-electron chi connectivity index (χ2n) is 8.01. The van der Waals surface area contributed by atoms with Crippen molar-refractivity contribution < 1.29 is 9.47 Å². The number of hydrogen-bond donors (Lipinski definition) is 1. The maximum absolute atomic E-state index is 13.3. The molecule has 0 atom stereocenters. The summed E-state index contributed by atoms with van der Waals surface area (Å²) >= 11 is 12.1. The Bertz CT molecular complexity index is 1520. The lowest BCUT2D eigenvalue weighted by atomic mass is 10.1. The lowest BCUT2D eigenvalue weighted by Crippen LogP contribution is -2.39. The number of nitrogens with zero attached hydrogens (tertiary/aromatic N) is 4. The average Bonchev–Trinajstić information content (AvgIpc) is 3.18. The molecule has 0 bridgehead atoms. The third kappa shape index (κ3) is 4.74. The van der Waals surface area contributed by atoms with Crippen molar-refractivity contribution in [1.29, 1.82) is 0 Å². The number of anilines is 1. The van der Waals surface area contributed by atoms with Crippen LogP contribution in [0.5, 0.6) is 11.5 Å². The third-order valence-electron chi connectivity index (χ3n) is 5.83. The van der Waals surface area contributed by atoms with E-state index in [1.54, 1.807) is 51.1 Å². The number of nitrogens with one attached hydrogen (secondary N) is 1. The van der Waals surface area contributed by atoms with Gasteiger partial charge in [-0.25, -0.2) is 4.79 Å². The zero-order chi connectivity index (χ0) is 25.3. The zero-order valence-corrected chi connectivity index (χ0v) is 21.3. The molecule has 2 aromatic carbocycles. The number of methoxy groups -OCH3 is 2. The number of benzene rings is 2. The van der Waals surface area contributed by atoms with Crippen LogP contribution in [0.15, 0.2) is 46.0 Å². The van der Waals surface area contributed by atoms with Crippen molar-refractivity contribution in [2.75, 3.05) is 26.1 Å². The predicted octanol–water partition coefficient (Wildman–Crippen LogP) is 3.46. The SMILES string of the molecule is COc1ccc(CCNc2nc3c(c(=O)n(Cc4ccc(Cl)c(Cl)c4)c(=O)n3C)n2C)cc1OC. The van der Waals surface area contributed by atoms with E-state index < -0.39 is 11.2 Å². The van der Waals surface area contributed by atoms with Crippen LogP contribution >= 0.6 is 23.2 Å². The number of halogens is 2. The molecule has 0 saturated heterocycles. The second-order valence-corrected chi connectivity index (χ2v) is 8.83. The Labute approximate surface area is 211 Å². The highest BCUT2D eigenvalue weighted by Crippen LogP contribution is 2.28. The normalized spacial score (nSPS) is 11.1. The number of fused-ring (bicyclic) bond motifs is 1. The highest BCUT2D eigenvalue weighted by Gasteiger charge is 2.19. The van der Waals surface area contributed by atoms with Crippen LogP contribution in [0, 0.1) is 0 Å². The Morgan fingerprint density at radius 1 is 0.914 bits per heavy atom. The van der Waals surface area contributed by atoms with Gasteiger partial charge in [-0.15, -0.1) is 0 Å². The van der Waals surface area contributed by atoms with Gasteiger partial charge >= 0.3 is 5.69 Å². The molecule has 4 aromatic rings. The molecule has 9 nitrogen and oxygen atoms in total. The summed E-state index contributed by atoms with van der Waals surface area (Å²) in [7, 11) is 6.52. The van der Waals surface area contributed by atoms with Gasteiger partial charge in [0.2, 0.25) is 5.95 Å². The molecular formula is C24H25Cl2N5O4. The summed E-state index contributed by atoms with van der Waals surface area (Å²) in [5.41, 5.74) is 1.46. The van der Waals surface area contributed by atoms with Crippen molar-refractivity contribution in [2.24, 2.45) is 14.1 Å². The smallest absolute Gasteiger partial charge is 0.332 e. The molecule has 0 radical (unpaired) electrons. The van der Waals surface area contributed by atoms with E-state index in [-0.39, 0.29) is 6.54 Å². The Morgan fingerprint density at radius 2 is 1.63 bits per heavy atom. The number of aromatic nitrogens is 4. The fourth-order valence-electron chi connectivity index (χ4n) is 3.92.